The second-order valence-electron chi connectivity index (χ2n) is 3.95. The number of aliphatic hydroxyl groups is 1. The van der Waals surface area contributed by atoms with E-state index in [1.807, 2.05) is 18.2 Å². The molecule has 1 heterocycles. The van der Waals surface area contributed by atoms with Crippen LogP contribution < -0.4 is 0 Å². The molecule has 1 N–H and O–H groups in total. The van der Waals surface area contributed by atoms with Gasteiger partial charge in [-0.2, -0.15) is 0 Å². The fraction of sp³-hybridized carbons (Fsp3) is 0.385. The SMILES string of the molecule is OC[C@H](Cc1ccccc1)N1CC=CC1. The van der Waals surface area contributed by atoms with Gasteiger partial charge in [-0.05, 0) is 12.0 Å². The maximum atomic E-state index is 9.38. The molecule has 1 aromatic carbocycles. The number of hydrogen-bond acceptors (Lipinski definition) is 2. The van der Waals surface area contributed by atoms with Gasteiger partial charge in [0.25, 0.3) is 0 Å². The van der Waals surface area contributed by atoms with E-state index >= 15 is 0 Å². The van der Waals surface area contributed by atoms with Crippen LogP contribution in [-0.2, 0) is 6.42 Å². The molecule has 0 aliphatic carbocycles. The lowest BCUT2D eigenvalue weighted by Gasteiger charge is -2.25. The van der Waals surface area contributed by atoms with Crippen molar-refractivity contribution in [2.24, 2.45) is 0 Å². The van der Waals surface area contributed by atoms with Crippen molar-refractivity contribution in [1.82, 2.24) is 4.90 Å². The van der Waals surface area contributed by atoms with Gasteiger partial charge in [-0.3, -0.25) is 4.90 Å². The summed E-state index contributed by atoms with van der Waals surface area (Å²) in [6.07, 6.45) is 5.25. The van der Waals surface area contributed by atoms with Crippen molar-refractivity contribution in [2.45, 2.75) is 12.5 Å². The minimum atomic E-state index is 0.233. The van der Waals surface area contributed by atoms with Crippen molar-refractivity contribution in [3.63, 3.8) is 0 Å². The number of nitrogens with zero attached hydrogens (tertiary/aromatic N) is 1. The summed E-state index contributed by atoms with van der Waals surface area (Å²) >= 11 is 0. The van der Waals surface area contributed by atoms with Crippen LogP contribution in [0.15, 0.2) is 42.5 Å². The van der Waals surface area contributed by atoms with E-state index in [9.17, 15) is 5.11 Å². The summed E-state index contributed by atoms with van der Waals surface area (Å²) < 4.78 is 0. The molecule has 1 atom stereocenters. The number of rotatable bonds is 4. The average Bonchev–Trinajstić information content (AvgIpc) is 2.81. The average molecular weight is 203 g/mol. The second-order valence-corrected chi connectivity index (χ2v) is 3.95. The molecular weight excluding hydrogens is 186 g/mol. The Labute approximate surface area is 90.8 Å². The lowest BCUT2D eigenvalue weighted by atomic mass is 10.1. The van der Waals surface area contributed by atoms with Crippen LogP contribution >= 0.6 is 0 Å². The highest BCUT2D eigenvalue weighted by molar-refractivity contribution is 5.16. The molecule has 0 saturated heterocycles. The molecular formula is C13H17NO. The van der Waals surface area contributed by atoms with Crippen LogP contribution in [0.25, 0.3) is 0 Å². The summed E-state index contributed by atoms with van der Waals surface area (Å²) in [6, 6.07) is 10.6. The molecule has 0 unspecified atom stereocenters. The van der Waals surface area contributed by atoms with E-state index in [0.717, 1.165) is 19.5 Å². The Kier molecular flexibility index (Phi) is 3.54. The molecule has 0 fully saturated rings. The standard InChI is InChI=1S/C13H17NO/c15-11-13(14-8-4-5-9-14)10-12-6-2-1-3-7-12/h1-7,13,15H,8-11H2/t13-/m0/s1. The van der Waals surface area contributed by atoms with E-state index < -0.39 is 0 Å². The van der Waals surface area contributed by atoms with Gasteiger partial charge in [-0.25, -0.2) is 0 Å². The maximum absolute atomic E-state index is 9.38. The Hall–Kier alpha value is -1.12. The molecule has 1 aromatic rings. The lowest BCUT2D eigenvalue weighted by Crippen LogP contribution is -2.37. The molecule has 2 heteroatoms. The molecule has 0 saturated carbocycles. The van der Waals surface area contributed by atoms with Crippen LogP contribution in [0.3, 0.4) is 0 Å². The van der Waals surface area contributed by atoms with E-state index in [2.05, 4.69) is 29.2 Å². The molecule has 0 aromatic heterocycles. The number of benzene rings is 1. The molecule has 1 aliphatic heterocycles. The Morgan fingerprint density at radius 2 is 1.80 bits per heavy atom. The molecule has 0 spiro atoms. The summed E-state index contributed by atoms with van der Waals surface area (Å²) in [5.74, 6) is 0. The largest absolute Gasteiger partial charge is 0.395 e. The first kappa shape index (κ1) is 10.4. The van der Waals surface area contributed by atoms with Gasteiger partial charge >= 0.3 is 0 Å². The molecule has 15 heavy (non-hydrogen) atoms. The van der Waals surface area contributed by atoms with Crippen LogP contribution in [0, 0.1) is 0 Å². The molecule has 2 rings (SSSR count). The first-order chi connectivity index (χ1) is 7.40. The molecule has 80 valence electrons. The van der Waals surface area contributed by atoms with Gasteiger partial charge in [0.1, 0.15) is 0 Å². The van der Waals surface area contributed by atoms with Gasteiger partial charge in [0, 0.05) is 19.1 Å². The zero-order valence-corrected chi connectivity index (χ0v) is 8.84. The zero-order valence-electron chi connectivity index (χ0n) is 8.84. The summed E-state index contributed by atoms with van der Waals surface area (Å²) in [7, 11) is 0. The van der Waals surface area contributed by atoms with Crippen molar-refractivity contribution in [2.75, 3.05) is 19.7 Å². The van der Waals surface area contributed by atoms with Gasteiger partial charge in [0.2, 0.25) is 0 Å². The summed E-state index contributed by atoms with van der Waals surface area (Å²) in [5.41, 5.74) is 1.29. The van der Waals surface area contributed by atoms with Gasteiger partial charge in [-0.15, -0.1) is 0 Å². The normalized spacial score (nSPS) is 18.2. The monoisotopic (exact) mass is 203 g/mol. The van der Waals surface area contributed by atoms with Crippen molar-refractivity contribution in [3.8, 4) is 0 Å². The third-order valence-electron chi connectivity index (χ3n) is 2.89. The molecule has 1 aliphatic rings. The fourth-order valence-corrected chi connectivity index (χ4v) is 1.99. The van der Waals surface area contributed by atoms with Crippen molar-refractivity contribution < 1.29 is 5.11 Å². The highest BCUT2D eigenvalue weighted by Gasteiger charge is 2.18. The minimum Gasteiger partial charge on any atom is -0.395 e. The Balaban J connectivity index is 1.96. The third-order valence-corrected chi connectivity index (χ3v) is 2.89. The fourth-order valence-electron chi connectivity index (χ4n) is 1.99. The van der Waals surface area contributed by atoms with E-state index in [1.54, 1.807) is 0 Å². The molecule has 2 nitrogen and oxygen atoms in total. The van der Waals surface area contributed by atoms with Crippen molar-refractivity contribution >= 4 is 0 Å². The first-order valence-electron chi connectivity index (χ1n) is 5.44. The van der Waals surface area contributed by atoms with Gasteiger partial charge in [0.05, 0.1) is 6.61 Å². The highest BCUT2D eigenvalue weighted by Crippen LogP contribution is 2.11. The van der Waals surface area contributed by atoms with Gasteiger partial charge in [0.15, 0.2) is 0 Å². The molecule has 0 radical (unpaired) electrons. The van der Waals surface area contributed by atoms with Crippen LogP contribution in [0.4, 0.5) is 0 Å². The van der Waals surface area contributed by atoms with E-state index in [1.165, 1.54) is 5.56 Å². The van der Waals surface area contributed by atoms with Crippen LogP contribution in [-0.4, -0.2) is 35.7 Å². The maximum Gasteiger partial charge on any atom is 0.0590 e. The predicted molar refractivity (Wildman–Crippen MR) is 61.7 cm³/mol. The van der Waals surface area contributed by atoms with Gasteiger partial charge < -0.3 is 5.11 Å². The zero-order chi connectivity index (χ0) is 10.5. The summed E-state index contributed by atoms with van der Waals surface area (Å²) in [6.45, 7) is 2.17. The quantitative estimate of drug-likeness (QED) is 0.749. The summed E-state index contributed by atoms with van der Waals surface area (Å²) in [4.78, 5) is 2.30. The van der Waals surface area contributed by atoms with E-state index in [-0.39, 0.29) is 12.6 Å². The Morgan fingerprint density at radius 3 is 2.40 bits per heavy atom. The number of hydrogen-bond donors (Lipinski definition) is 1. The smallest absolute Gasteiger partial charge is 0.0590 e. The van der Waals surface area contributed by atoms with Crippen LogP contribution in [0.1, 0.15) is 5.56 Å². The predicted octanol–water partition coefficient (Wildman–Crippen LogP) is 1.46. The van der Waals surface area contributed by atoms with Crippen LogP contribution in [0.5, 0.6) is 0 Å². The third kappa shape index (κ3) is 2.67. The lowest BCUT2D eigenvalue weighted by molar-refractivity contribution is 0.150. The first-order valence-corrected chi connectivity index (χ1v) is 5.44. The Bertz CT molecular complexity index is 313. The van der Waals surface area contributed by atoms with Crippen molar-refractivity contribution in [3.05, 3.63) is 48.0 Å². The molecule has 0 bridgehead atoms. The minimum absolute atomic E-state index is 0.233. The van der Waals surface area contributed by atoms with Gasteiger partial charge in [-0.1, -0.05) is 42.5 Å². The topological polar surface area (TPSA) is 23.5 Å². The van der Waals surface area contributed by atoms with E-state index in [4.69, 9.17) is 0 Å². The van der Waals surface area contributed by atoms with Crippen LogP contribution in [0.2, 0.25) is 0 Å². The second kappa shape index (κ2) is 5.10. The Morgan fingerprint density at radius 1 is 1.13 bits per heavy atom. The molecule has 0 amide bonds. The summed E-state index contributed by atoms with van der Waals surface area (Å²) in [5, 5.41) is 9.38. The number of aliphatic hydroxyl groups excluding tert-OH is 1. The van der Waals surface area contributed by atoms with Crippen molar-refractivity contribution in [1.29, 1.82) is 0 Å². The highest BCUT2D eigenvalue weighted by atomic mass is 16.3. The van der Waals surface area contributed by atoms with E-state index in [0.29, 0.717) is 0 Å².